The summed E-state index contributed by atoms with van der Waals surface area (Å²) >= 11 is 0. The van der Waals surface area contributed by atoms with Gasteiger partial charge in [-0.1, -0.05) is 57.2 Å². The topological polar surface area (TPSA) is 12.0 Å². The van der Waals surface area contributed by atoms with E-state index in [0.29, 0.717) is 0 Å². The average molecular weight is 285 g/mol. The molecule has 1 unspecified atom stereocenters. The molecule has 0 fully saturated rings. The molecule has 112 valence electrons. The maximum absolute atomic E-state index is 13.0. The van der Waals surface area contributed by atoms with E-state index in [2.05, 4.69) is 50.4 Å². The second-order valence-corrected chi connectivity index (χ2v) is 6.51. The van der Waals surface area contributed by atoms with Gasteiger partial charge >= 0.3 is 0 Å². The Bertz CT molecular complexity index is 581. The van der Waals surface area contributed by atoms with Gasteiger partial charge in [0.1, 0.15) is 5.82 Å². The number of rotatable bonds is 4. The van der Waals surface area contributed by atoms with Gasteiger partial charge in [0.15, 0.2) is 0 Å². The summed E-state index contributed by atoms with van der Waals surface area (Å²) in [5.74, 6) is -0.185. The summed E-state index contributed by atoms with van der Waals surface area (Å²) in [5.41, 5.74) is 3.91. The third-order valence-electron chi connectivity index (χ3n) is 3.85. The molecule has 2 heteroatoms. The van der Waals surface area contributed by atoms with E-state index in [0.717, 1.165) is 12.0 Å². The first-order valence-corrected chi connectivity index (χ1v) is 7.43. The Balaban J connectivity index is 2.32. The van der Waals surface area contributed by atoms with E-state index in [1.807, 2.05) is 19.2 Å². The molecule has 0 saturated heterocycles. The smallest absolute Gasteiger partial charge is 0.123 e. The maximum Gasteiger partial charge on any atom is 0.123 e. The molecular formula is C19H24FN. The van der Waals surface area contributed by atoms with Crippen LogP contribution in [-0.4, -0.2) is 7.05 Å². The molecule has 0 heterocycles. The van der Waals surface area contributed by atoms with E-state index < -0.39 is 0 Å². The van der Waals surface area contributed by atoms with Gasteiger partial charge in [0.25, 0.3) is 0 Å². The number of nitrogens with one attached hydrogen (secondary N) is 1. The molecule has 0 aromatic heterocycles. The minimum atomic E-state index is -0.185. The first-order valence-electron chi connectivity index (χ1n) is 7.43. The molecule has 0 saturated carbocycles. The molecule has 2 rings (SSSR count). The van der Waals surface area contributed by atoms with Crippen LogP contribution in [0, 0.1) is 5.82 Å². The standard InChI is InChI=1S/C19H24FN/c1-19(2,3)17-8-6-5-7-16(17)18(21-4)13-14-9-11-15(20)12-10-14/h5-12,18,21H,13H2,1-4H3. The van der Waals surface area contributed by atoms with Crippen molar-refractivity contribution in [1.82, 2.24) is 5.32 Å². The second kappa shape index (κ2) is 6.40. The molecule has 0 radical (unpaired) electrons. The van der Waals surface area contributed by atoms with Crippen LogP contribution < -0.4 is 5.32 Å². The summed E-state index contributed by atoms with van der Waals surface area (Å²) in [7, 11) is 1.98. The van der Waals surface area contributed by atoms with E-state index in [9.17, 15) is 4.39 Å². The summed E-state index contributed by atoms with van der Waals surface area (Å²) < 4.78 is 13.0. The number of likely N-dealkylation sites (N-methyl/N-ethyl adjacent to an activating group) is 1. The number of hydrogen-bond donors (Lipinski definition) is 1. The molecular weight excluding hydrogens is 261 g/mol. The highest BCUT2D eigenvalue weighted by molar-refractivity contribution is 5.36. The maximum atomic E-state index is 13.0. The van der Waals surface area contributed by atoms with Crippen molar-refractivity contribution in [2.75, 3.05) is 7.05 Å². The summed E-state index contributed by atoms with van der Waals surface area (Å²) in [6, 6.07) is 15.6. The van der Waals surface area contributed by atoms with E-state index in [1.54, 1.807) is 0 Å². The van der Waals surface area contributed by atoms with Crippen molar-refractivity contribution in [3.63, 3.8) is 0 Å². The van der Waals surface area contributed by atoms with Crippen LogP contribution in [0.2, 0.25) is 0 Å². The van der Waals surface area contributed by atoms with Crippen LogP contribution in [0.5, 0.6) is 0 Å². The number of halogens is 1. The predicted octanol–water partition coefficient (Wildman–Crippen LogP) is 4.63. The van der Waals surface area contributed by atoms with Crippen LogP contribution in [0.25, 0.3) is 0 Å². The zero-order chi connectivity index (χ0) is 15.5. The van der Waals surface area contributed by atoms with Crippen molar-refractivity contribution in [3.8, 4) is 0 Å². The van der Waals surface area contributed by atoms with Crippen molar-refractivity contribution < 1.29 is 4.39 Å². The molecule has 2 aromatic carbocycles. The van der Waals surface area contributed by atoms with Crippen LogP contribution in [0.15, 0.2) is 48.5 Å². The molecule has 0 bridgehead atoms. The fraction of sp³-hybridized carbons (Fsp3) is 0.368. The van der Waals surface area contributed by atoms with E-state index in [4.69, 9.17) is 0 Å². The van der Waals surface area contributed by atoms with Crippen molar-refractivity contribution in [2.45, 2.75) is 38.6 Å². The first-order chi connectivity index (χ1) is 9.91. The SMILES string of the molecule is CNC(Cc1ccc(F)cc1)c1ccccc1C(C)(C)C. The largest absolute Gasteiger partial charge is 0.313 e. The van der Waals surface area contributed by atoms with Gasteiger partial charge in [-0.25, -0.2) is 4.39 Å². The summed E-state index contributed by atoms with van der Waals surface area (Å²) in [5, 5.41) is 3.40. The highest BCUT2D eigenvalue weighted by atomic mass is 19.1. The second-order valence-electron chi connectivity index (χ2n) is 6.51. The van der Waals surface area contributed by atoms with Gasteiger partial charge in [-0.05, 0) is 47.7 Å². The quantitative estimate of drug-likeness (QED) is 0.864. The number of hydrogen-bond acceptors (Lipinski definition) is 1. The minimum absolute atomic E-state index is 0.106. The molecule has 0 aliphatic carbocycles. The van der Waals surface area contributed by atoms with Gasteiger partial charge in [-0.2, -0.15) is 0 Å². The first kappa shape index (κ1) is 15.7. The van der Waals surface area contributed by atoms with Gasteiger partial charge in [0.2, 0.25) is 0 Å². The minimum Gasteiger partial charge on any atom is -0.313 e. The zero-order valence-electron chi connectivity index (χ0n) is 13.3. The van der Waals surface area contributed by atoms with Gasteiger partial charge < -0.3 is 5.32 Å². The molecule has 1 N–H and O–H groups in total. The lowest BCUT2D eigenvalue weighted by Crippen LogP contribution is -2.24. The molecule has 0 amide bonds. The average Bonchev–Trinajstić information content (AvgIpc) is 2.46. The van der Waals surface area contributed by atoms with Crippen LogP contribution in [0.4, 0.5) is 4.39 Å². The normalized spacial score (nSPS) is 13.2. The fourth-order valence-electron chi connectivity index (χ4n) is 2.71. The molecule has 0 aliphatic heterocycles. The van der Waals surface area contributed by atoms with Crippen molar-refractivity contribution in [2.24, 2.45) is 0 Å². The Morgan fingerprint density at radius 3 is 2.19 bits per heavy atom. The van der Waals surface area contributed by atoms with Gasteiger partial charge in [-0.15, -0.1) is 0 Å². The van der Waals surface area contributed by atoms with E-state index in [1.165, 1.54) is 23.3 Å². The Labute approximate surface area is 127 Å². The molecule has 1 atom stereocenters. The molecule has 2 aromatic rings. The lowest BCUT2D eigenvalue weighted by molar-refractivity contribution is 0.538. The molecule has 0 aliphatic rings. The summed E-state index contributed by atoms with van der Waals surface area (Å²) in [4.78, 5) is 0. The summed E-state index contributed by atoms with van der Waals surface area (Å²) in [6.45, 7) is 6.70. The fourth-order valence-corrected chi connectivity index (χ4v) is 2.71. The van der Waals surface area contributed by atoms with Gasteiger partial charge in [0.05, 0.1) is 0 Å². The third kappa shape index (κ3) is 3.92. The molecule has 21 heavy (non-hydrogen) atoms. The van der Waals surface area contributed by atoms with Gasteiger partial charge in [-0.3, -0.25) is 0 Å². The van der Waals surface area contributed by atoms with Crippen LogP contribution in [-0.2, 0) is 11.8 Å². The van der Waals surface area contributed by atoms with E-state index >= 15 is 0 Å². The van der Waals surface area contributed by atoms with Crippen molar-refractivity contribution in [3.05, 3.63) is 71.0 Å². The van der Waals surface area contributed by atoms with Crippen molar-refractivity contribution >= 4 is 0 Å². The van der Waals surface area contributed by atoms with Crippen LogP contribution >= 0.6 is 0 Å². The highest BCUT2D eigenvalue weighted by Crippen LogP contribution is 2.31. The Kier molecular flexibility index (Phi) is 4.79. The summed E-state index contributed by atoms with van der Waals surface area (Å²) in [6.07, 6.45) is 0.851. The number of benzene rings is 2. The monoisotopic (exact) mass is 285 g/mol. The van der Waals surface area contributed by atoms with E-state index in [-0.39, 0.29) is 17.3 Å². The zero-order valence-corrected chi connectivity index (χ0v) is 13.3. The molecule has 0 spiro atoms. The third-order valence-corrected chi connectivity index (χ3v) is 3.85. The lowest BCUT2D eigenvalue weighted by atomic mass is 9.81. The molecule has 1 nitrogen and oxygen atoms in total. The Hall–Kier alpha value is -1.67. The predicted molar refractivity (Wildman–Crippen MR) is 87.0 cm³/mol. The Morgan fingerprint density at radius 2 is 1.62 bits per heavy atom. The van der Waals surface area contributed by atoms with Crippen molar-refractivity contribution in [1.29, 1.82) is 0 Å². The highest BCUT2D eigenvalue weighted by Gasteiger charge is 2.21. The van der Waals surface area contributed by atoms with Crippen LogP contribution in [0.3, 0.4) is 0 Å². The lowest BCUT2D eigenvalue weighted by Gasteiger charge is -2.27. The Morgan fingerprint density at radius 1 is 1.00 bits per heavy atom. The van der Waals surface area contributed by atoms with Crippen LogP contribution in [0.1, 0.15) is 43.5 Å². The van der Waals surface area contributed by atoms with Gasteiger partial charge in [0, 0.05) is 6.04 Å².